The Morgan fingerprint density at radius 1 is 0.548 bits per heavy atom. The summed E-state index contributed by atoms with van der Waals surface area (Å²) in [5, 5.41) is 5.52. The third-order valence-electron chi connectivity index (χ3n) is 4.74. The van der Waals surface area contributed by atoms with Crippen LogP contribution < -0.4 is 10.6 Å². The molecule has 5 heteroatoms. The van der Waals surface area contributed by atoms with Crippen molar-refractivity contribution in [3.05, 3.63) is 120 Å². The van der Waals surface area contributed by atoms with Gasteiger partial charge in [-0.3, -0.25) is 9.59 Å². The molecule has 31 heavy (non-hydrogen) atoms. The van der Waals surface area contributed by atoms with Crippen molar-refractivity contribution in [1.29, 1.82) is 0 Å². The molecular weight excluding hydrogens is 391 g/mol. The first-order valence-corrected chi connectivity index (χ1v) is 9.72. The van der Waals surface area contributed by atoms with Crippen molar-refractivity contribution in [3.63, 3.8) is 0 Å². The van der Waals surface area contributed by atoms with Gasteiger partial charge in [0.2, 0.25) is 0 Å². The number of carbonyl (C=O) groups excluding carboxylic acids is 2. The molecule has 0 aliphatic carbocycles. The molecule has 2 amide bonds. The zero-order valence-electron chi connectivity index (χ0n) is 16.5. The first kappa shape index (κ1) is 20.0. The Morgan fingerprint density at radius 2 is 1.16 bits per heavy atom. The Bertz CT molecular complexity index is 1200. The van der Waals surface area contributed by atoms with Crippen LogP contribution in [0.1, 0.15) is 20.7 Å². The van der Waals surface area contributed by atoms with Crippen LogP contribution in [0, 0.1) is 5.82 Å². The number of hydrogen-bond donors (Lipinski definition) is 2. The van der Waals surface area contributed by atoms with Crippen molar-refractivity contribution in [3.8, 4) is 11.1 Å². The summed E-state index contributed by atoms with van der Waals surface area (Å²) in [5.74, 6) is -0.995. The Morgan fingerprint density at radius 3 is 1.87 bits per heavy atom. The van der Waals surface area contributed by atoms with Gasteiger partial charge in [0.25, 0.3) is 11.8 Å². The Hall–Kier alpha value is -4.25. The highest BCUT2D eigenvalue weighted by atomic mass is 19.1. The average molecular weight is 410 g/mol. The van der Waals surface area contributed by atoms with Crippen molar-refractivity contribution in [1.82, 2.24) is 0 Å². The summed E-state index contributed by atoms with van der Waals surface area (Å²) in [5.41, 5.74) is 3.98. The van der Waals surface area contributed by atoms with E-state index in [9.17, 15) is 14.0 Å². The van der Waals surface area contributed by atoms with Gasteiger partial charge in [0.1, 0.15) is 5.82 Å². The molecule has 0 spiro atoms. The lowest BCUT2D eigenvalue weighted by Crippen LogP contribution is -2.14. The van der Waals surface area contributed by atoms with Gasteiger partial charge in [-0.05, 0) is 65.7 Å². The van der Waals surface area contributed by atoms with E-state index in [2.05, 4.69) is 10.6 Å². The molecule has 0 aliphatic rings. The topological polar surface area (TPSA) is 58.2 Å². The van der Waals surface area contributed by atoms with E-state index in [1.165, 1.54) is 24.3 Å². The molecule has 0 saturated carbocycles. The average Bonchev–Trinajstić information content (AvgIpc) is 2.81. The second-order valence-electron chi connectivity index (χ2n) is 6.94. The summed E-state index contributed by atoms with van der Waals surface area (Å²) in [7, 11) is 0. The number of halogens is 1. The Balaban J connectivity index is 1.44. The summed E-state index contributed by atoms with van der Waals surface area (Å²) in [6.07, 6.45) is 0. The minimum atomic E-state index is -0.375. The van der Waals surface area contributed by atoms with Gasteiger partial charge in [-0.2, -0.15) is 0 Å². The molecule has 2 N–H and O–H groups in total. The molecule has 0 radical (unpaired) electrons. The second kappa shape index (κ2) is 9.05. The summed E-state index contributed by atoms with van der Waals surface area (Å²) in [4.78, 5) is 25.1. The molecule has 4 rings (SSSR count). The maximum absolute atomic E-state index is 13.0. The lowest BCUT2D eigenvalue weighted by Gasteiger charge is -2.09. The molecule has 0 aromatic heterocycles. The molecule has 0 heterocycles. The van der Waals surface area contributed by atoms with E-state index in [4.69, 9.17) is 0 Å². The highest BCUT2D eigenvalue weighted by molar-refractivity contribution is 6.07. The molecule has 4 aromatic carbocycles. The molecule has 4 aromatic rings. The lowest BCUT2D eigenvalue weighted by atomic mass is 10.0. The van der Waals surface area contributed by atoms with Crippen LogP contribution in [0.25, 0.3) is 11.1 Å². The van der Waals surface area contributed by atoms with Crippen molar-refractivity contribution < 1.29 is 14.0 Å². The first-order chi connectivity index (χ1) is 15.1. The number of rotatable bonds is 5. The summed E-state index contributed by atoms with van der Waals surface area (Å²) >= 11 is 0. The Kier molecular flexibility index (Phi) is 5.85. The third-order valence-corrected chi connectivity index (χ3v) is 4.74. The number of nitrogens with one attached hydrogen (secondary N) is 2. The number of amides is 2. The van der Waals surface area contributed by atoms with Crippen LogP contribution in [0.15, 0.2) is 103 Å². The van der Waals surface area contributed by atoms with Gasteiger partial charge in [0, 0.05) is 22.5 Å². The van der Waals surface area contributed by atoms with E-state index in [0.717, 1.165) is 11.1 Å². The van der Waals surface area contributed by atoms with Crippen LogP contribution in [0.3, 0.4) is 0 Å². The van der Waals surface area contributed by atoms with Gasteiger partial charge in [-0.25, -0.2) is 4.39 Å². The molecule has 0 saturated heterocycles. The van der Waals surface area contributed by atoms with Crippen LogP contribution in [-0.4, -0.2) is 11.8 Å². The van der Waals surface area contributed by atoms with Gasteiger partial charge in [-0.1, -0.05) is 48.5 Å². The summed E-state index contributed by atoms with van der Waals surface area (Å²) < 4.78 is 13.0. The van der Waals surface area contributed by atoms with E-state index in [-0.39, 0.29) is 17.6 Å². The minimum Gasteiger partial charge on any atom is -0.322 e. The van der Waals surface area contributed by atoms with E-state index < -0.39 is 0 Å². The third kappa shape index (κ3) is 5.03. The number of hydrogen-bond acceptors (Lipinski definition) is 2. The maximum Gasteiger partial charge on any atom is 0.255 e. The normalized spacial score (nSPS) is 10.4. The van der Waals surface area contributed by atoms with E-state index in [0.29, 0.717) is 22.5 Å². The van der Waals surface area contributed by atoms with Crippen LogP contribution in [-0.2, 0) is 0 Å². The van der Waals surface area contributed by atoms with Crippen molar-refractivity contribution >= 4 is 23.2 Å². The minimum absolute atomic E-state index is 0.268. The fraction of sp³-hybridized carbons (Fsp3) is 0. The summed E-state index contributed by atoms with van der Waals surface area (Å²) in [6.45, 7) is 0. The van der Waals surface area contributed by atoms with Gasteiger partial charge in [0.05, 0.1) is 0 Å². The van der Waals surface area contributed by atoms with Crippen molar-refractivity contribution in [2.75, 3.05) is 10.6 Å². The van der Waals surface area contributed by atoms with E-state index in [1.54, 1.807) is 36.4 Å². The van der Waals surface area contributed by atoms with E-state index >= 15 is 0 Å². The summed E-state index contributed by atoms with van der Waals surface area (Å²) in [6, 6.07) is 29.4. The quantitative estimate of drug-likeness (QED) is 0.424. The molecule has 152 valence electrons. The van der Waals surface area contributed by atoms with Gasteiger partial charge in [0.15, 0.2) is 0 Å². The standard InChI is InChI=1S/C26H19FN2O2/c27-22-13-15-23(16-14-22)28-26(31)21-7-4-8-24(17-21)29-25(30)20-11-9-19(10-12-20)18-5-2-1-3-6-18/h1-17H,(H,28,31)(H,29,30). The van der Waals surface area contributed by atoms with Gasteiger partial charge in [-0.15, -0.1) is 0 Å². The predicted octanol–water partition coefficient (Wildman–Crippen LogP) is 6.00. The number of anilines is 2. The number of benzene rings is 4. The maximum atomic E-state index is 13.0. The van der Waals surface area contributed by atoms with Gasteiger partial charge >= 0.3 is 0 Å². The van der Waals surface area contributed by atoms with Crippen LogP contribution in [0.4, 0.5) is 15.8 Å². The predicted molar refractivity (Wildman–Crippen MR) is 121 cm³/mol. The zero-order chi connectivity index (χ0) is 21.6. The molecule has 0 aliphatic heterocycles. The Labute approximate surface area is 179 Å². The monoisotopic (exact) mass is 410 g/mol. The molecule has 0 unspecified atom stereocenters. The largest absolute Gasteiger partial charge is 0.322 e. The fourth-order valence-corrected chi connectivity index (χ4v) is 3.12. The fourth-order valence-electron chi connectivity index (χ4n) is 3.12. The van der Waals surface area contributed by atoms with Crippen LogP contribution in [0.2, 0.25) is 0 Å². The SMILES string of the molecule is O=C(Nc1cccc(C(=O)Nc2ccc(F)cc2)c1)c1ccc(-c2ccccc2)cc1. The zero-order valence-corrected chi connectivity index (χ0v) is 16.5. The van der Waals surface area contributed by atoms with Crippen LogP contribution >= 0.6 is 0 Å². The van der Waals surface area contributed by atoms with Crippen molar-refractivity contribution in [2.24, 2.45) is 0 Å². The highest BCUT2D eigenvalue weighted by Gasteiger charge is 2.10. The van der Waals surface area contributed by atoms with Crippen LogP contribution in [0.5, 0.6) is 0 Å². The van der Waals surface area contributed by atoms with Crippen molar-refractivity contribution in [2.45, 2.75) is 0 Å². The molecule has 0 atom stereocenters. The molecule has 0 fully saturated rings. The lowest BCUT2D eigenvalue weighted by molar-refractivity contribution is 0.101. The number of carbonyl (C=O) groups is 2. The smallest absolute Gasteiger partial charge is 0.255 e. The molecule has 0 bridgehead atoms. The molecule has 4 nitrogen and oxygen atoms in total. The van der Waals surface area contributed by atoms with E-state index in [1.807, 2.05) is 42.5 Å². The highest BCUT2D eigenvalue weighted by Crippen LogP contribution is 2.20. The second-order valence-corrected chi connectivity index (χ2v) is 6.94. The first-order valence-electron chi connectivity index (χ1n) is 9.72. The van der Waals surface area contributed by atoms with Gasteiger partial charge < -0.3 is 10.6 Å². The molecular formula is C26H19FN2O2.